The van der Waals surface area contributed by atoms with E-state index in [1.807, 2.05) is 13.8 Å². The molecule has 1 aromatic heterocycles. The van der Waals surface area contributed by atoms with Gasteiger partial charge in [-0.05, 0) is 49.7 Å². The van der Waals surface area contributed by atoms with Crippen molar-refractivity contribution in [1.29, 1.82) is 0 Å². The van der Waals surface area contributed by atoms with E-state index in [0.717, 1.165) is 6.42 Å². The normalized spacial score (nSPS) is 16.1. The molecule has 1 atom stereocenters. The minimum Gasteiger partial charge on any atom is -0.505 e. The van der Waals surface area contributed by atoms with Gasteiger partial charge in [-0.25, -0.2) is 14.2 Å². The number of halogens is 2. The van der Waals surface area contributed by atoms with Gasteiger partial charge < -0.3 is 19.6 Å². The van der Waals surface area contributed by atoms with E-state index >= 15 is 0 Å². The van der Waals surface area contributed by atoms with Crippen molar-refractivity contribution in [3.63, 3.8) is 0 Å². The van der Waals surface area contributed by atoms with Crippen LogP contribution >= 0.6 is 11.6 Å². The van der Waals surface area contributed by atoms with Gasteiger partial charge in [0.1, 0.15) is 0 Å². The monoisotopic (exact) mass is 485 g/mol. The Bertz CT molecular complexity index is 1250. The highest BCUT2D eigenvalue weighted by Gasteiger charge is 2.31. The zero-order valence-corrected chi connectivity index (χ0v) is 19.7. The maximum absolute atomic E-state index is 13.8. The van der Waals surface area contributed by atoms with Crippen molar-refractivity contribution in [1.82, 2.24) is 14.8 Å². The molecule has 0 unspecified atom stereocenters. The number of amides is 2. The smallest absolute Gasteiger partial charge is 0.410 e. The molecule has 2 amide bonds. The van der Waals surface area contributed by atoms with Crippen LogP contribution in [0, 0.1) is 5.82 Å². The summed E-state index contributed by atoms with van der Waals surface area (Å²) in [6, 6.07) is 10.5. The molecule has 0 radical (unpaired) electrons. The zero-order chi connectivity index (χ0) is 24.4. The number of pyridine rings is 1. The predicted octanol–water partition coefficient (Wildman–Crippen LogP) is 5.09. The number of piperazine rings is 1. The molecule has 0 spiro atoms. The van der Waals surface area contributed by atoms with Gasteiger partial charge in [-0.15, -0.1) is 0 Å². The lowest BCUT2D eigenvalue weighted by Crippen LogP contribution is -2.55. The first-order valence-electron chi connectivity index (χ1n) is 11.1. The second-order valence-corrected chi connectivity index (χ2v) is 8.70. The largest absolute Gasteiger partial charge is 0.505 e. The molecule has 4 rings (SSSR count). The van der Waals surface area contributed by atoms with Gasteiger partial charge in [0.2, 0.25) is 0 Å². The Kier molecular flexibility index (Phi) is 6.88. The third kappa shape index (κ3) is 4.77. The molecule has 1 N–H and O–H groups in total. The number of benzene rings is 2. The van der Waals surface area contributed by atoms with Crippen molar-refractivity contribution in [3.05, 3.63) is 58.9 Å². The van der Waals surface area contributed by atoms with Gasteiger partial charge in [-0.2, -0.15) is 0 Å². The van der Waals surface area contributed by atoms with E-state index in [2.05, 4.69) is 4.98 Å². The summed E-state index contributed by atoms with van der Waals surface area (Å²) in [5.74, 6) is -1.38. The summed E-state index contributed by atoms with van der Waals surface area (Å²) in [6.07, 6.45) is 0.395. The summed E-state index contributed by atoms with van der Waals surface area (Å²) in [6.45, 7) is 5.37. The summed E-state index contributed by atoms with van der Waals surface area (Å²) in [5.41, 5.74) is 1.82. The Labute approximate surface area is 201 Å². The molecule has 0 aliphatic carbocycles. The quantitative estimate of drug-likeness (QED) is 0.556. The molecule has 0 saturated carbocycles. The summed E-state index contributed by atoms with van der Waals surface area (Å²) >= 11 is 6.44. The lowest BCUT2D eigenvalue weighted by atomic mass is 10.1. The van der Waals surface area contributed by atoms with E-state index < -0.39 is 11.6 Å². The molecule has 1 aliphatic heterocycles. The SMILES string of the molecule is CCCOC(=O)N1CCN(C(=O)c2ccc3c(Cl)cc(-c4ccc(O)c(F)c4)nc3c2)C[C@@H]1C. The highest BCUT2D eigenvalue weighted by atomic mass is 35.5. The summed E-state index contributed by atoms with van der Waals surface area (Å²) in [4.78, 5) is 33.4. The average molecular weight is 486 g/mol. The standard InChI is InChI=1S/C25H25ClFN3O4/c1-3-10-34-25(33)30-9-8-29(14-15(30)2)24(32)17-4-6-18-19(26)13-21(28-22(18)12-17)16-5-7-23(31)20(27)11-16/h4-7,11-13,15,31H,3,8-10,14H2,1-2H3/t15-/m0/s1. The number of hydrogen-bond donors (Lipinski definition) is 1. The van der Waals surface area contributed by atoms with Crippen molar-refractivity contribution >= 4 is 34.5 Å². The molecular weight excluding hydrogens is 461 g/mol. The average Bonchev–Trinajstić information content (AvgIpc) is 2.83. The number of carbonyl (C=O) groups excluding carboxylic acids is 2. The number of aromatic hydroxyl groups is 1. The second kappa shape index (κ2) is 9.85. The lowest BCUT2D eigenvalue weighted by Gasteiger charge is -2.39. The maximum atomic E-state index is 13.8. The van der Waals surface area contributed by atoms with Crippen LogP contribution in [-0.4, -0.2) is 64.2 Å². The van der Waals surface area contributed by atoms with E-state index in [0.29, 0.717) is 59.0 Å². The molecule has 7 nitrogen and oxygen atoms in total. The third-order valence-electron chi connectivity index (χ3n) is 5.83. The number of hydrogen-bond acceptors (Lipinski definition) is 5. The molecule has 178 valence electrons. The third-order valence-corrected chi connectivity index (χ3v) is 6.14. The van der Waals surface area contributed by atoms with E-state index in [4.69, 9.17) is 16.3 Å². The topological polar surface area (TPSA) is 83.0 Å². The van der Waals surface area contributed by atoms with E-state index in [9.17, 15) is 19.1 Å². The molecular formula is C25H25ClFN3O4. The highest BCUT2D eigenvalue weighted by Crippen LogP contribution is 2.31. The molecule has 1 fully saturated rings. The number of phenols is 1. The molecule has 1 aliphatic rings. The van der Waals surface area contributed by atoms with Crippen LogP contribution in [-0.2, 0) is 4.74 Å². The van der Waals surface area contributed by atoms with Crippen LogP contribution < -0.4 is 0 Å². The van der Waals surface area contributed by atoms with Crippen molar-refractivity contribution in [3.8, 4) is 17.0 Å². The summed E-state index contributed by atoms with van der Waals surface area (Å²) in [7, 11) is 0. The molecule has 9 heteroatoms. The first-order valence-corrected chi connectivity index (χ1v) is 11.5. The number of phenolic OH excluding ortho intramolecular Hbond substituents is 1. The first kappa shape index (κ1) is 23.8. The summed E-state index contributed by atoms with van der Waals surface area (Å²) < 4.78 is 19.1. The molecule has 2 heterocycles. The highest BCUT2D eigenvalue weighted by molar-refractivity contribution is 6.35. The van der Waals surface area contributed by atoms with Crippen LogP contribution in [0.25, 0.3) is 22.2 Å². The number of carbonyl (C=O) groups is 2. The Morgan fingerprint density at radius 2 is 2.00 bits per heavy atom. The van der Waals surface area contributed by atoms with E-state index in [-0.39, 0.29) is 18.0 Å². The van der Waals surface area contributed by atoms with Crippen LogP contribution in [0.4, 0.5) is 9.18 Å². The van der Waals surface area contributed by atoms with Gasteiger partial charge in [-0.3, -0.25) is 4.79 Å². The van der Waals surface area contributed by atoms with Crippen molar-refractivity contribution in [2.24, 2.45) is 0 Å². The van der Waals surface area contributed by atoms with Crippen LogP contribution in [0.3, 0.4) is 0 Å². The Morgan fingerprint density at radius 3 is 2.71 bits per heavy atom. The molecule has 1 saturated heterocycles. The summed E-state index contributed by atoms with van der Waals surface area (Å²) in [5, 5.41) is 10.5. The van der Waals surface area contributed by atoms with E-state index in [1.54, 1.807) is 40.1 Å². The van der Waals surface area contributed by atoms with Crippen molar-refractivity contribution < 1.29 is 23.8 Å². The number of aromatic nitrogens is 1. The Morgan fingerprint density at radius 1 is 1.21 bits per heavy atom. The first-order chi connectivity index (χ1) is 16.3. The van der Waals surface area contributed by atoms with Gasteiger partial charge in [0, 0.05) is 42.2 Å². The predicted molar refractivity (Wildman–Crippen MR) is 128 cm³/mol. The maximum Gasteiger partial charge on any atom is 0.410 e. The van der Waals surface area contributed by atoms with Crippen LogP contribution in [0.2, 0.25) is 5.02 Å². The van der Waals surface area contributed by atoms with Crippen LogP contribution in [0.1, 0.15) is 30.6 Å². The lowest BCUT2D eigenvalue weighted by molar-refractivity contribution is 0.0412. The Hall–Kier alpha value is -3.39. The van der Waals surface area contributed by atoms with Crippen LogP contribution in [0.5, 0.6) is 5.75 Å². The van der Waals surface area contributed by atoms with Crippen LogP contribution in [0.15, 0.2) is 42.5 Å². The minimum absolute atomic E-state index is 0.172. The molecule has 3 aromatic rings. The van der Waals surface area contributed by atoms with Gasteiger partial charge in [0.25, 0.3) is 5.91 Å². The number of fused-ring (bicyclic) bond motifs is 1. The number of rotatable bonds is 4. The molecule has 0 bridgehead atoms. The van der Waals surface area contributed by atoms with E-state index in [1.165, 1.54) is 12.1 Å². The minimum atomic E-state index is -0.758. The van der Waals surface area contributed by atoms with Crippen molar-refractivity contribution in [2.45, 2.75) is 26.3 Å². The fourth-order valence-electron chi connectivity index (χ4n) is 4.00. The number of nitrogens with zero attached hydrogens (tertiary/aromatic N) is 3. The molecule has 34 heavy (non-hydrogen) atoms. The van der Waals surface area contributed by atoms with Gasteiger partial charge in [0.15, 0.2) is 11.6 Å². The number of ether oxygens (including phenoxy) is 1. The van der Waals surface area contributed by atoms with Gasteiger partial charge in [-0.1, -0.05) is 24.6 Å². The Balaban J connectivity index is 1.57. The second-order valence-electron chi connectivity index (χ2n) is 8.30. The van der Waals surface area contributed by atoms with Gasteiger partial charge >= 0.3 is 6.09 Å². The fourth-order valence-corrected chi connectivity index (χ4v) is 4.26. The fraction of sp³-hybridized carbons (Fsp3) is 0.320. The van der Waals surface area contributed by atoms with Gasteiger partial charge in [0.05, 0.1) is 22.8 Å². The van der Waals surface area contributed by atoms with Crippen molar-refractivity contribution in [2.75, 3.05) is 26.2 Å². The molecule has 2 aromatic carbocycles. The zero-order valence-electron chi connectivity index (χ0n) is 18.9.